The number of piperidine rings is 1. The van der Waals surface area contributed by atoms with Gasteiger partial charge in [-0.25, -0.2) is 9.18 Å². The van der Waals surface area contributed by atoms with E-state index in [0.29, 0.717) is 11.5 Å². The van der Waals surface area contributed by atoms with Crippen molar-refractivity contribution >= 4 is 12.0 Å². The van der Waals surface area contributed by atoms with E-state index in [1.165, 1.54) is 12.1 Å². The second kappa shape index (κ2) is 6.13. The fourth-order valence-corrected chi connectivity index (χ4v) is 2.37. The summed E-state index contributed by atoms with van der Waals surface area (Å²) in [5, 5.41) is 10.3. The van der Waals surface area contributed by atoms with Gasteiger partial charge in [-0.05, 0) is 43.0 Å². The lowest BCUT2D eigenvalue weighted by Crippen LogP contribution is -2.40. The lowest BCUT2D eigenvalue weighted by Gasteiger charge is -2.29. The van der Waals surface area contributed by atoms with Gasteiger partial charge in [0.15, 0.2) is 0 Å². The van der Waals surface area contributed by atoms with Gasteiger partial charge in [-0.15, -0.1) is 5.10 Å². The number of halogens is 1. The van der Waals surface area contributed by atoms with Crippen LogP contribution in [0, 0.1) is 11.7 Å². The molecule has 2 aromatic rings. The normalized spacial score (nSPS) is 15.8. The lowest BCUT2D eigenvalue weighted by atomic mass is 10.00. The number of hydrogen-bond donors (Lipinski definition) is 1. The summed E-state index contributed by atoms with van der Waals surface area (Å²) >= 11 is 0. The van der Waals surface area contributed by atoms with Crippen molar-refractivity contribution < 1.29 is 13.6 Å². The number of nitrogens with one attached hydrogen (secondary N) is 1. The Bertz CT molecular complexity index is 648. The molecule has 6 nitrogen and oxygen atoms in total. The summed E-state index contributed by atoms with van der Waals surface area (Å²) < 4.78 is 18.3. The molecule has 1 aliphatic heterocycles. The molecule has 0 bridgehead atoms. The smallest absolute Gasteiger partial charge is 0.325 e. The van der Waals surface area contributed by atoms with Crippen LogP contribution < -0.4 is 5.32 Å². The molecule has 1 N–H and O–H groups in total. The maximum Gasteiger partial charge on any atom is 0.325 e. The van der Waals surface area contributed by atoms with Crippen LogP contribution in [0.3, 0.4) is 0 Å². The topological polar surface area (TPSA) is 71.3 Å². The second-order valence-corrected chi connectivity index (χ2v) is 5.52. The molecule has 1 aliphatic rings. The molecule has 116 valence electrons. The van der Waals surface area contributed by atoms with Crippen molar-refractivity contribution in [3.8, 4) is 11.5 Å². The quantitative estimate of drug-likeness (QED) is 0.925. The molecule has 2 heterocycles. The number of hydrogen-bond acceptors (Lipinski definition) is 4. The van der Waals surface area contributed by atoms with Gasteiger partial charge in [-0.2, -0.15) is 0 Å². The first-order valence-electron chi connectivity index (χ1n) is 7.27. The zero-order valence-electron chi connectivity index (χ0n) is 12.3. The third kappa shape index (κ3) is 3.24. The van der Waals surface area contributed by atoms with Crippen LogP contribution in [-0.4, -0.2) is 34.2 Å². The number of aromatic nitrogens is 2. The third-order valence-corrected chi connectivity index (χ3v) is 3.80. The van der Waals surface area contributed by atoms with Crippen LogP contribution in [0.1, 0.15) is 19.8 Å². The maximum absolute atomic E-state index is 12.9. The van der Waals surface area contributed by atoms with Crippen LogP contribution in [0.15, 0.2) is 28.7 Å². The van der Waals surface area contributed by atoms with E-state index in [1.807, 2.05) is 0 Å². The minimum absolute atomic E-state index is 0.0444. The Labute approximate surface area is 127 Å². The Morgan fingerprint density at radius 1 is 1.27 bits per heavy atom. The minimum atomic E-state index is -0.337. The fraction of sp³-hybridized carbons (Fsp3) is 0.400. The highest BCUT2D eigenvalue weighted by Gasteiger charge is 2.21. The largest absolute Gasteiger partial charge is 0.403 e. The molecule has 1 saturated heterocycles. The summed E-state index contributed by atoms with van der Waals surface area (Å²) in [5.41, 5.74) is 0.598. The Morgan fingerprint density at radius 2 is 1.95 bits per heavy atom. The van der Waals surface area contributed by atoms with Gasteiger partial charge < -0.3 is 9.32 Å². The van der Waals surface area contributed by atoms with Gasteiger partial charge in [0.25, 0.3) is 0 Å². The number of rotatable bonds is 2. The molecule has 0 saturated carbocycles. The van der Waals surface area contributed by atoms with Crippen molar-refractivity contribution in [1.29, 1.82) is 0 Å². The molecule has 7 heteroatoms. The molecule has 1 aromatic carbocycles. The first kappa shape index (κ1) is 14.5. The van der Waals surface area contributed by atoms with Crippen molar-refractivity contribution in [2.24, 2.45) is 5.92 Å². The Kier molecular flexibility index (Phi) is 4.04. The van der Waals surface area contributed by atoms with Crippen LogP contribution in [0.25, 0.3) is 11.5 Å². The summed E-state index contributed by atoms with van der Waals surface area (Å²) in [7, 11) is 0. The monoisotopic (exact) mass is 304 g/mol. The highest BCUT2D eigenvalue weighted by Crippen LogP contribution is 2.21. The predicted molar refractivity (Wildman–Crippen MR) is 78.7 cm³/mol. The average Bonchev–Trinajstić information content (AvgIpc) is 2.97. The molecular formula is C15H17FN4O2. The second-order valence-electron chi connectivity index (χ2n) is 5.52. The third-order valence-electron chi connectivity index (χ3n) is 3.80. The van der Waals surface area contributed by atoms with E-state index >= 15 is 0 Å². The molecule has 22 heavy (non-hydrogen) atoms. The van der Waals surface area contributed by atoms with Crippen LogP contribution in [-0.2, 0) is 0 Å². The zero-order chi connectivity index (χ0) is 15.5. The van der Waals surface area contributed by atoms with Gasteiger partial charge in [-0.1, -0.05) is 12.0 Å². The number of urea groups is 1. The number of anilines is 1. The van der Waals surface area contributed by atoms with Crippen LogP contribution in [0.2, 0.25) is 0 Å². The molecule has 3 rings (SSSR count). The first-order valence-corrected chi connectivity index (χ1v) is 7.27. The van der Waals surface area contributed by atoms with E-state index in [2.05, 4.69) is 22.4 Å². The van der Waals surface area contributed by atoms with Crippen LogP contribution in [0.5, 0.6) is 0 Å². The maximum atomic E-state index is 12.9. The molecular weight excluding hydrogens is 287 g/mol. The number of amides is 2. The predicted octanol–water partition coefficient (Wildman–Crippen LogP) is 3.14. The number of carbonyl (C=O) groups excluding carboxylic acids is 1. The van der Waals surface area contributed by atoms with Gasteiger partial charge in [0.05, 0.1) is 0 Å². The summed E-state index contributed by atoms with van der Waals surface area (Å²) in [6.07, 6.45) is 2.00. The Balaban J connectivity index is 1.64. The van der Waals surface area contributed by atoms with Crippen molar-refractivity contribution in [3.05, 3.63) is 30.1 Å². The summed E-state index contributed by atoms with van der Waals surface area (Å²) in [5.74, 6) is 0.552. The van der Waals surface area contributed by atoms with Crippen molar-refractivity contribution in [2.75, 3.05) is 18.4 Å². The number of nitrogens with zero attached hydrogens (tertiary/aromatic N) is 3. The number of carbonyl (C=O) groups is 1. The molecule has 0 unspecified atom stereocenters. The average molecular weight is 304 g/mol. The van der Waals surface area contributed by atoms with E-state index in [4.69, 9.17) is 4.42 Å². The molecule has 1 fully saturated rings. The standard InChI is InChI=1S/C15H17FN4O2/c1-10-6-8-20(9-7-10)15(21)17-14-19-18-13(22-14)11-2-4-12(16)5-3-11/h2-5,10H,6-9H2,1H3,(H,17,19,21). The SMILES string of the molecule is CC1CCN(C(=O)Nc2nnc(-c3ccc(F)cc3)o2)CC1. The van der Waals surface area contributed by atoms with Crippen LogP contribution >= 0.6 is 0 Å². The van der Waals surface area contributed by atoms with Crippen molar-refractivity contribution in [3.63, 3.8) is 0 Å². The van der Waals surface area contributed by atoms with Gasteiger partial charge in [-0.3, -0.25) is 5.32 Å². The number of benzene rings is 1. The van der Waals surface area contributed by atoms with Crippen LogP contribution in [0.4, 0.5) is 15.2 Å². The highest BCUT2D eigenvalue weighted by atomic mass is 19.1. The number of likely N-dealkylation sites (tertiary alicyclic amines) is 1. The van der Waals surface area contributed by atoms with Gasteiger partial charge >= 0.3 is 12.0 Å². The van der Waals surface area contributed by atoms with Gasteiger partial charge in [0.1, 0.15) is 5.82 Å². The van der Waals surface area contributed by atoms with E-state index < -0.39 is 0 Å². The van der Waals surface area contributed by atoms with E-state index in [9.17, 15) is 9.18 Å². The molecule has 1 aromatic heterocycles. The fourth-order valence-electron chi connectivity index (χ4n) is 2.37. The zero-order valence-corrected chi connectivity index (χ0v) is 12.3. The van der Waals surface area contributed by atoms with E-state index in [1.54, 1.807) is 17.0 Å². The summed E-state index contributed by atoms with van der Waals surface area (Å²) in [6.45, 7) is 3.64. The van der Waals surface area contributed by atoms with E-state index in [-0.39, 0.29) is 23.8 Å². The molecule has 0 atom stereocenters. The molecule has 0 radical (unpaired) electrons. The highest BCUT2D eigenvalue weighted by molar-refractivity contribution is 5.87. The Morgan fingerprint density at radius 3 is 2.64 bits per heavy atom. The first-order chi connectivity index (χ1) is 10.6. The van der Waals surface area contributed by atoms with Gasteiger partial charge in [0, 0.05) is 18.7 Å². The van der Waals surface area contributed by atoms with Crippen molar-refractivity contribution in [2.45, 2.75) is 19.8 Å². The molecule has 0 spiro atoms. The van der Waals surface area contributed by atoms with Crippen molar-refractivity contribution in [1.82, 2.24) is 15.1 Å². The minimum Gasteiger partial charge on any atom is -0.403 e. The van der Waals surface area contributed by atoms with E-state index in [0.717, 1.165) is 25.9 Å². The summed E-state index contributed by atoms with van der Waals surface area (Å²) in [4.78, 5) is 13.8. The lowest BCUT2D eigenvalue weighted by molar-refractivity contribution is 0.186. The Hall–Kier alpha value is -2.44. The van der Waals surface area contributed by atoms with Gasteiger partial charge in [0.2, 0.25) is 5.89 Å². The summed E-state index contributed by atoms with van der Waals surface area (Å²) in [6, 6.07) is 5.52. The molecule has 0 aliphatic carbocycles. The molecule has 2 amide bonds.